The van der Waals surface area contributed by atoms with Crippen molar-refractivity contribution in [1.82, 2.24) is 14.8 Å². The highest BCUT2D eigenvalue weighted by Crippen LogP contribution is 2.29. The van der Waals surface area contributed by atoms with Crippen LogP contribution in [0.15, 0.2) is 54.9 Å². The average Bonchev–Trinajstić information content (AvgIpc) is 2.93. The lowest BCUT2D eigenvalue weighted by Gasteiger charge is -2.36. The van der Waals surface area contributed by atoms with Gasteiger partial charge in [-0.25, -0.2) is 0 Å². The lowest BCUT2D eigenvalue weighted by molar-refractivity contribution is 0.0585. The fourth-order valence-corrected chi connectivity index (χ4v) is 4.06. The largest absolute Gasteiger partial charge is 0.334 e. The molecule has 0 unspecified atom stereocenters. The van der Waals surface area contributed by atoms with E-state index in [1.807, 2.05) is 12.1 Å². The fourth-order valence-electron chi connectivity index (χ4n) is 4.06. The molecule has 2 aromatic rings. The molecule has 124 valence electrons. The highest BCUT2D eigenvalue weighted by molar-refractivity contribution is 5.94. The monoisotopic (exact) mass is 321 g/mol. The number of benzene rings is 1. The summed E-state index contributed by atoms with van der Waals surface area (Å²) in [7, 11) is 0. The van der Waals surface area contributed by atoms with Crippen molar-refractivity contribution in [2.75, 3.05) is 19.6 Å². The van der Waals surface area contributed by atoms with Crippen molar-refractivity contribution in [3.05, 3.63) is 66.0 Å². The number of rotatable bonds is 3. The maximum Gasteiger partial charge on any atom is 0.254 e. The van der Waals surface area contributed by atoms with Crippen LogP contribution in [0.25, 0.3) is 0 Å². The lowest BCUT2D eigenvalue weighted by atomic mass is 9.94. The van der Waals surface area contributed by atoms with Crippen LogP contribution in [0.3, 0.4) is 0 Å². The molecule has 2 atom stereocenters. The predicted molar refractivity (Wildman–Crippen MR) is 93.5 cm³/mol. The van der Waals surface area contributed by atoms with Crippen LogP contribution in [0.1, 0.15) is 28.8 Å². The van der Waals surface area contributed by atoms with E-state index < -0.39 is 0 Å². The molecule has 2 bridgehead atoms. The highest BCUT2D eigenvalue weighted by atomic mass is 16.2. The Kier molecular flexibility index (Phi) is 4.30. The number of carbonyl (C=O) groups is 1. The van der Waals surface area contributed by atoms with Crippen LogP contribution in [-0.2, 0) is 6.54 Å². The van der Waals surface area contributed by atoms with Gasteiger partial charge >= 0.3 is 0 Å². The maximum atomic E-state index is 12.9. The molecule has 0 saturated carbocycles. The van der Waals surface area contributed by atoms with Crippen molar-refractivity contribution in [3.8, 4) is 0 Å². The molecule has 0 N–H and O–H groups in total. The molecule has 4 heterocycles. The first-order valence-electron chi connectivity index (χ1n) is 8.77. The fraction of sp³-hybridized carbons (Fsp3) is 0.400. The Bertz CT molecular complexity index is 689. The number of carbonyl (C=O) groups excluding carboxylic acids is 1. The van der Waals surface area contributed by atoms with Crippen molar-refractivity contribution >= 4 is 5.91 Å². The molecule has 0 aliphatic carbocycles. The van der Waals surface area contributed by atoms with E-state index >= 15 is 0 Å². The molecule has 4 heteroatoms. The Labute approximate surface area is 143 Å². The van der Waals surface area contributed by atoms with Crippen molar-refractivity contribution in [2.45, 2.75) is 25.4 Å². The molecule has 1 aromatic heterocycles. The van der Waals surface area contributed by atoms with Gasteiger partial charge < -0.3 is 4.90 Å². The highest BCUT2D eigenvalue weighted by Gasteiger charge is 2.37. The van der Waals surface area contributed by atoms with Gasteiger partial charge in [-0.05, 0) is 36.5 Å². The van der Waals surface area contributed by atoms with Gasteiger partial charge in [-0.15, -0.1) is 0 Å². The summed E-state index contributed by atoms with van der Waals surface area (Å²) in [4.78, 5) is 21.5. The van der Waals surface area contributed by atoms with Gasteiger partial charge in [0.05, 0.1) is 0 Å². The molecule has 3 fully saturated rings. The first kappa shape index (κ1) is 15.3. The molecule has 1 aromatic carbocycles. The van der Waals surface area contributed by atoms with E-state index in [1.54, 1.807) is 12.4 Å². The van der Waals surface area contributed by atoms with Crippen molar-refractivity contribution < 1.29 is 4.79 Å². The summed E-state index contributed by atoms with van der Waals surface area (Å²) in [5, 5.41) is 0. The third-order valence-electron chi connectivity index (χ3n) is 5.23. The molecule has 4 nitrogen and oxygen atoms in total. The molecule has 0 radical (unpaired) electrons. The Hall–Kier alpha value is -2.20. The van der Waals surface area contributed by atoms with Gasteiger partial charge in [0.1, 0.15) is 0 Å². The summed E-state index contributed by atoms with van der Waals surface area (Å²) in [5.74, 6) is 0.743. The van der Waals surface area contributed by atoms with E-state index in [1.165, 1.54) is 12.0 Å². The van der Waals surface area contributed by atoms with Crippen molar-refractivity contribution in [3.63, 3.8) is 0 Å². The second kappa shape index (κ2) is 6.73. The molecule has 5 rings (SSSR count). The minimum atomic E-state index is 0.161. The number of hydrogen-bond donors (Lipinski definition) is 0. The molecular formula is C20H23N3O. The molecule has 3 aliphatic heterocycles. The molecule has 1 amide bonds. The zero-order chi connectivity index (χ0) is 16.4. The molecule has 3 saturated heterocycles. The zero-order valence-corrected chi connectivity index (χ0v) is 13.8. The van der Waals surface area contributed by atoms with Gasteiger partial charge in [0, 0.05) is 50.2 Å². The van der Waals surface area contributed by atoms with Crippen LogP contribution in [0.2, 0.25) is 0 Å². The lowest BCUT2D eigenvalue weighted by Crippen LogP contribution is -2.47. The van der Waals surface area contributed by atoms with E-state index in [9.17, 15) is 4.79 Å². The molecule has 0 spiro atoms. The summed E-state index contributed by atoms with van der Waals surface area (Å²) in [6.45, 7) is 3.93. The topological polar surface area (TPSA) is 36.4 Å². The smallest absolute Gasteiger partial charge is 0.254 e. The minimum Gasteiger partial charge on any atom is -0.334 e. The summed E-state index contributed by atoms with van der Waals surface area (Å²) < 4.78 is 0. The normalized spacial score (nSPS) is 23.9. The van der Waals surface area contributed by atoms with E-state index in [-0.39, 0.29) is 5.91 Å². The Balaban J connectivity index is 1.50. The van der Waals surface area contributed by atoms with Gasteiger partial charge in [-0.3, -0.25) is 14.7 Å². The van der Waals surface area contributed by atoms with Crippen molar-refractivity contribution in [1.29, 1.82) is 0 Å². The molecule has 24 heavy (non-hydrogen) atoms. The third kappa shape index (κ3) is 3.20. The first-order valence-corrected chi connectivity index (χ1v) is 8.77. The van der Waals surface area contributed by atoms with Crippen LogP contribution in [-0.4, -0.2) is 46.4 Å². The summed E-state index contributed by atoms with van der Waals surface area (Å²) in [6.07, 6.45) is 5.75. The van der Waals surface area contributed by atoms with Crippen LogP contribution < -0.4 is 0 Å². The number of nitrogens with zero attached hydrogens (tertiary/aromatic N) is 3. The number of hydrogen-bond acceptors (Lipinski definition) is 3. The van der Waals surface area contributed by atoms with Gasteiger partial charge in [-0.2, -0.15) is 0 Å². The molecule has 3 aliphatic rings. The second-order valence-electron chi connectivity index (χ2n) is 6.97. The maximum absolute atomic E-state index is 12.9. The van der Waals surface area contributed by atoms with E-state index in [4.69, 9.17) is 0 Å². The van der Waals surface area contributed by atoms with Gasteiger partial charge in [0.25, 0.3) is 5.91 Å². The third-order valence-corrected chi connectivity index (χ3v) is 5.23. The number of pyridine rings is 1. The average molecular weight is 321 g/mol. The quantitative estimate of drug-likeness (QED) is 0.872. The van der Waals surface area contributed by atoms with Gasteiger partial charge in [0.2, 0.25) is 0 Å². The van der Waals surface area contributed by atoms with Crippen LogP contribution in [0.4, 0.5) is 0 Å². The SMILES string of the molecule is O=C(c1ccncc1)N1C[C@H]2CC[C@@H]1CN(Cc1ccccc1)C2. The predicted octanol–water partition coefficient (Wildman–Crippen LogP) is 2.82. The summed E-state index contributed by atoms with van der Waals surface area (Å²) >= 11 is 0. The zero-order valence-electron chi connectivity index (χ0n) is 13.8. The second-order valence-corrected chi connectivity index (χ2v) is 6.97. The summed E-state index contributed by atoms with van der Waals surface area (Å²) in [5.41, 5.74) is 2.11. The van der Waals surface area contributed by atoms with E-state index in [0.29, 0.717) is 12.0 Å². The van der Waals surface area contributed by atoms with Gasteiger partial charge in [-0.1, -0.05) is 30.3 Å². The van der Waals surface area contributed by atoms with Crippen LogP contribution >= 0.6 is 0 Å². The minimum absolute atomic E-state index is 0.161. The number of fused-ring (bicyclic) bond motifs is 4. The summed E-state index contributed by atoms with van der Waals surface area (Å²) in [6, 6.07) is 14.6. The van der Waals surface area contributed by atoms with Gasteiger partial charge in [0.15, 0.2) is 0 Å². The Morgan fingerprint density at radius 2 is 1.79 bits per heavy atom. The first-order chi connectivity index (χ1) is 11.8. The Morgan fingerprint density at radius 1 is 1.00 bits per heavy atom. The molecular weight excluding hydrogens is 298 g/mol. The Morgan fingerprint density at radius 3 is 2.58 bits per heavy atom. The number of piperidine rings is 1. The van der Waals surface area contributed by atoms with Crippen molar-refractivity contribution in [2.24, 2.45) is 5.92 Å². The number of aromatic nitrogens is 1. The van der Waals surface area contributed by atoms with Crippen LogP contribution in [0, 0.1) is 5.92 Å². The van der Waals surface area contributed by atoms with Crippen LogP contribution in [0.5, 0.6) is 0 Å². The standard InChI is InChI=1S/C20H23N3O/c24-20(18-8-10-21-11-9-18)23-14-17-6-7-19(23)15-22(13-17)12-16-4-2-1-3-5-16/h1-5,8-11,17,19H,6-7,12-15H2/t17-,19+/m0/s1. The number of amides is 1. The van der Waals surface area contributed by atoms with E-state index in [0.717, 1.165) is 38.2 Å². The van der Waals surface area contributed by atoms with E-state index in [2.05, 4.69) is 45.1 Å².